The molecule has 1 amide bonds. The number of benzene rings is 1. The number of carbonyl (C=O) groups is 1. The molecule has 0 spiro atoms. The SMILES string of the molecule is O=C(NCCNC1CCCCCC1)c1c(F)cc(F)cc1F. The maximum atomic E-state index is 13.5. The van der Waals surface area contributed by atoms with Gasteiger partial charge >= 0.3 is 0 Å². The van der Waals surface area contributed by atoms with Crippen LogP contribution in [0.4, 0.5) is 13.2 Å². The van der Waals surface area contributed by atoms with E-state index in [1.165, 1.54) is 25.7 Å². The Bertz CT molecular complexity index is 491. The van der Waals surface area contributed by atoms with E-state index in [-0.39, 0.29) is 6.54 Å². The van der Waals surface area contributed by atoms with Crippen LogP contribution in [0, 0.1) is 17.5 Å². The van der Waals surface area contributed by atoms with E-state index in [0.717, 1.165) is 12.8 Å². The number of carbonyl (C=O) groups excluding carboxylic acids is 1. The van der Waals surface area contributed by atoms with E-state index in [4.69, 9.17) is 0 Å². The summed E-state index contributed by atoms with van der Waals surface area (Å²) in [5, 5.41) is 5.80. The van der Waals surface area contributed by atoms with E-state index in [1.807, 2.05) is 0 Å². The molecule has 1 aliphatic carbocycles. The van der Waals surface area contributed by atoms with Crippen molar-refractivity contribution in [3.8, 4) is 0 Å². The van der Waals surface area contributed by atoms with Gasteiger partial charge in [-0.25, -0.2) is 13.2 Å². The van der Waals surface area contributed by atoms with Gasteiger partial charge in [0.1, 0.15) is 23.0 Å². The predicted molar refractivity (Wildman–Crippen MR) is 78.1 cm³/mol. The molecule has 1 fully saturated rings. The molecule has 0 atom stereocenters. The first kappa shape index (κ1) is 16.8. The lowest BCUT2D eigenvalue weighted by atomic mass is 10.1. The molecule has 0 saturated heterocycles. The lowest BCUT2D eigenvalue weighted by Crippen LogP contribution is -2.37. The van der Waals surface area contributed by atoms with Crippen LogP contribution in [0.3, 0.4) is 0 Å². The predicted octanol–water partition coefficient (Wildman–Crippen LogP) is 3.15. The minimum Gasteiger partial charge on any atom is -0.351 e. The van der Waals surface area contributed by atoms with E-state index in [0.29, 0.717) is 24.7 Å². The zero-order valence-electron chi connectivity index (χ0n) is 12.4. The number of nitrogens with one attached hydrogen (secondary N) is 2. The highest BCUT2D eigenvalue weighted by Crippen LogP contribution is 2.17. The highest BCUT2D eigenvalue weighted by Gasteiger charge is 2.18. The third kappa shape index (κ3) is 4.73. The molecule has 1 aromatic rings. The summed E-state index contributed by atoms with van der Waals surface area (Å²) in [6.07, 6.45) is 7.17. The number of hydrogen-bond acceptors (Lipinski definition) is 2. The molecule has 2 rings (SSSR count). The Morgan fingerprint density at radius 2 is 1.59 bits per heavy atom. The molecule has 2 N–H and O–H groups in total. The van der Waals surface area contributed by atoms with Crippen molar-refractivity contribution in [2.45, 2.75) is 44.6 Å². The van der Waals surface area contributed by atoms with Crippen LogP contribution in [0.25, 0.3) is 0 Å². The van der Waals surface area contributed by atoms with Gasteiger partial charge < -0.3 is 10.6 Å². The van der Waals surface area contributed by atoms with Crippen molar-refractivity contribution in [3.05, 3.63) is 35.1 Å². The molecule has 0 aliphatic heterocycles. The molecule has 0 unspecified atom stereocenters. The Balaban J connectivity index is 1.78. The van der Waals surface area contributed by atoms with E-state index < -0.39 is 28.9 Å². The summed E-state index contributed by atoms with van der Waals surface area (Å²) < 4.78 is 39.7. The fourth-order valence-corrected chi connectivity index (χ4v) is 2.78. The van der Waals surface area contributed by atoms with E-state index in [1.54, 1.807) is 0 Å². The van der Waals surface area contributed by atoms with Crippen LogP contribution in [0.15, 0.2) is 12.1 Å². The van der Waals surface area contributed by atoms with Crippen LogP contribution in [0.1, 0.15) is 48.9 Å². The molecule has 0 bridgehead atoms. The van der Waals surface area contributed by atoms with Crippen LogP contribution in [-0.4, -0.2) is 25.0 Å². The molecule has 0 heterocycles. The number of hydrogen-bond donors (Lipinski definition) is 2. The average molecular weight is 314 g/mol. The summed E-state index contributed by atoms with van der Waals surface area (Å²) in [4.78, 5) is 11.8. The van der Waals surface area contributed by atoms with Crippen molar-refractivity contribution >= 4 is 5.91 Å². The highest BCUT2D eigenvalue weighted by molar-refractivity contribution is 5.94. The van der Waals surface area contributed by atoms with Gasteiger partial charge in [-0.2, -0.15) is 0 Å². The molecule has 22 heavy (non-hydrogen) atoms. The third-order valence-corrected chi connectivity index (χ3v) is 3.93. The van der Waals surface area contributed by atoms with Crippen molar-refractivity contribution in [2.24, 2.45) is 0 Å². The molecule has 3 nitrogen and oxygen atoms in total. The normalized spacial score (nSPS) is 16.3. The Hall–Kier alpha value is -1.56. The van der Waals surface area contributed by atoms with Gasteiger partial charge in [-0.3, -0.25) is 4.79 Å². The molecule has 1 aromatic carbocycles. The standard InChI is InChI=1S/C16H21F3N2O/c17-11-9-13(18)15(14(19)10-11)16(22)21-8-7-20-12-5-3-1-2-4-6-12/h9-10,12,20H,1-8H2,(H,21,22). The quantitative estimate of drug-likeness (QED) is 0.647. The molecule has 0 aromatic heterocycles. The average Bonchev–Trinajstić information content (AvgIpc) is 2.71. The van der Waals surface area contributed by atoms with E-state index >= 15 is 0 Å². The minimum atomic E-state index is -1.19. The highest BCUT2D eigenvalue weighted by atomic mass is 19.1. The molecular formula is C16H21F3N2O. The maximum absolute atomic E-state index is 13.5. The minimum absolute atomic E-state index is 0.269. The summed E-state index contributed by atoms with van der Waals surface area (Å²) in [7, 11) is 0. The number of halogens is 3. The van der Waals surface area contributed by atoms with Crippen LogP contribution >= 0.6 is 0 Å². The Morgan fingerprint density at radius 3 is 2.18 bits per heavy atom. The van der Waals surface area contributed by atoms with Crippen LogP contribution < -0.4 is 10.6 Å². The second-order valence-electron chi connectivity index (χ2n) is 5.64. The van der Waals surface area contributed by atoms with E-state index in [2.05, 4.69) is 10.6 Å². The van der Waals surface area contributed by atoms with Crippen LogP contribution in [0.5, 0.6) is 0 Å². The summed E-state index contributed by atoms with van der Waals surface area (Å²) >= 11 is 0. The Morgan fingerprint density at radius 1 is 1.00 bits per heavy atom. The van der Waals surface area contributed by atoms with Gasteiger partial charge in [0, 0.05) is 31.3 Å². The van der Waals surface area contributed by atoms with Gasteiger partial charge in [0.2, 0.25) is 0 Å². The molecule has 122 valence electrons. The number of amides is 1. The van der Waals surface area contributed by atoms with Crippen molar-refractivity contribution in [1.82, 2.24) is 10.6 Å². The summed E-state index contributed by atoms with van der Waals surface area (Å²) in [6.45, 7) is 0.812. The van der Waals surface area contributed by atoms with Gasteiger partial charge in [-0.1, -0.05) is 25.7 Å². The lowest BCUT2D eigenvalue weighted by molar-refractivity contribution is 0.0945. The summed E-state index contributed by atoms with van der Waals surface area (Å²) in [5.74, 6) is -4.28. The zero-order valence-corrected chi connectivity index (χ0v) is 12.4. The van der Waals surface area contributed by atoms with Gasteiger partial charge in [0.25, 0.3) is 5.91 Å². The van der Waals surface area contributed by atoms with Crippen molar-refractivity contribution in [2.75, 3.05) is 13.1 Å². The first-order chi connectivity index (χ1) is 10.6. The van der Waals surface area contributed by atoms with Gasteiger partial charge in [0.05, 0.1) is 0 Å². The molecule has 1 aliphatic rings. The van der Waals surface area contributed by atoms with Gasteiger partial charge in [-0.05, 0) is 12.8 Å². The largest absolute Gasteiger partial charge is 0.351 e. The second kappa shape index (κ2) is 8.17. The summed E-state index contributed by atoms with van der Waals surface area (Å²) in [6, 6.07) is 1.45. The molecule has 6 heteroatoms. The fourth-order valence-electron chi connectivity index (χ4n) is 2.78. The van der Waals surface area contributed by atoms with Crippen LogP contribution in [-0.2, 0) is 0 Å². The van der Waals surface area contributed by atoms with Crippen molar-refractivity contribution < 1.29 is 18.0 Å². The Kier molecular flexibility index (Phi) is 6.24. The topological polar surface area (TPSA) is 41.1 Å². The van der Waals surface area contributed by atoms with E-state index in [9.17, 15) is 18.0 Å². The molecule has 0 radical (unpaired) electrons. The molecular weight excluding hydrogens is 293 g/mol. The maximum Gasteiger partial charge on any atom is 0.257 e. The molecule has 1 saturated carbocycles. The monoisotopic (exact) mass is 314 g/mol. The first-order valence-electron chi connectivity index (χ1n) is 7.74. The zero-order chi connectivity index (χ0) is 15.9. The van der Waals surface area contributed by atoms with Crippen molar-refractivity contribution in [3.63, 3.8) is 0 Å². The van der Waals surface area contributed by atoms with Crippen molar-refractivity contribution in [1.29, 1.82) is 0 Å². The lowest BCUT2D eigenvalue weighted by Gasteiger charge is -2.16. The fraction of sp³-hybridized carbons (Fsp3) is 0.562. The van der Waals surface area contributed by atoms with Crippen LogP contribution in [0.2, 0.25) is 0 Å². The first-order valence-corrected chi connectivity index (χ1v) is 7.74. The Labute approximate surface area is 128 Å². The summed E-state index contributed by atoms with van der Waals surface area (Å²) in [5.41, 5.74) is -0.740. The second-order valence-corrected chi connectivity index (χ2v) is 5.64. The van der Waals surface area contributed by atoms with Gasteiger partial charge in [-0.15, -0.1) is 0 Å². The van der Waals surface area contributed by atoms with Gasteiger partial charge in [0.15, 0.2) is 0 Å². The third-order valence-electron chi connectivity index (χ3n) is 3.93. The smallest absolute Gasteiger partial charge is 0.257 e. The number of rotatable bonds is 5.